The molecule has 0 saturated heterocycles. The van der Waals surface area contributed by atoms with Gasteiger partial charge in [0.15, 0.2) is 0 Å². The SMILES string of the molecule is CC(C)(C)OC(=O)N[C@@H](Cc1ccccc1)[C@@H](O)CNCC1CCCCC1. The van der Waals surface area contributed by atoms with E-state index >= 15 is 0 Å². The van der Waals surface area contributed by atoms with Crippen LogP contribution in [0, 0.1) is 5.92 Å². The summed E-state index contributed by atoms with van der Waals surface area (Å²) in [6.07, 6.45) is 5.90. The van der Waals surface area contributed by atoms with Crippen LogP contribution in [0.5, 0.6) is 0 Å². The summed E-state index contributed by atoms with van der Waals surface area (Å²) in [5.74, 6) is 0.706. The van der Waals surface area contributed by atoms with Gasteiger partial charge in [0.2, 0.25) is 0 Å². The van der Waals surface area contributed by atoms with Crippen LogP contribution < -0.4 is 10.6 Å². The lowest BCUT2D eigenvalue weighted by molar-refractivity contribution is 0.0421. The van der Waals surface area contributed by atoms with Gasteiger partial charge < -0.3 is 20.5 Å². The molecule has 0 bridgehead atoms. The summed E-state index contributed by atoms with van der Waals surface area (Å²) < 4.78 is 5.37. The highest BCUT2D eigenvalue weighted by Gasteiger charge is 2.25. The van der Waals surface area contributed by atoms with Gasteiger partial charge in [0, 0.05) is 6.54 Å². The maximum absolute atomic E-state index is 12.2. The number of hydrogen-bond donors (Lipinski definition) is 3. The average Bonchev–Trinajstić information content (AvgIpc) is 2.61. The lowest BCUT2D eigenvalue weighted by Crippen LogP contribution is -2.50. The molecule has 0 spiro atoms. The monoisotopic (exact) mass is 376 g/mol. The number of rotatable bonds is 8. The van der Waals surface area contributed by atoms with Crippen LogP contribution in [-0.2, 0) is 11.2 Å². The van der Waals surface area contributed by atoms with Crippen molar-refractivity contribution in [1.29, 1.82) is 0 Å². The number of amides is 1. The average molecular weight is 377 g/mol. The first-order valence-corrected chi connectivity index (χ1v) is 10.3. The number of hydrogen-bond acceptors (Lipinski definition) is 4. The van der Waals surface area contributed by atoms with Crippen molar-refractivity contribution < 1.29 is 14.6 Å². The highest BCUT2D eigenvalue weighted by molar-refractivity contribution is 5.68. The molecule has 152 valence electrons. The van der Waals surface area contributed by atoms with E-state index in [1.165, 1.54) is 32.1 Å². The fourth-order valence-electron chi connectivity index (χ4n) is 3.58. The molecule has 1 aromatic carbocycles. The summed E-state index contributed by atoms with van der Waals surface area (Å²) >= 11 is 0. The minimum Gasteiger partial charge on any atom is -0.444 e. The number of aliphatic hydroxyl groups excluding tert-OH is 1. The molecule has 27 heavy (non-hydrogen) atoms. The van der Waals surface area contributed by atoms with E-state index in [0.29, 0.717) is 18.9 Å². The van der Waals surface area contributed by atoms with E-state index in [-0.39, 0.29) is 0 Å². The predicted octanol–water partition coefficient (Wildman–Crippen LogP) is 3.65. The number of carbonyl (C=O) groups is 1. The lowest BCUT2D eigenvalue weighted by Gasteiger charge is -2.28. The molecule has 1 aromatic rings. The predicted molar refractivity (Wildman–Crippen MR) is 109 cm³/mol. The van der Waals surface area contributed by atoms with Crippen LogP contribution in [-0.4, -0.2) is 42.0 Å². The highest BCUT2D eigenvalue weighted by Crippen LogP contribution is 2.22. The van der Waals surface area contributed by atoms with Crippen LogP contribution in [0.25, 0.3) is 0 Å². The largest absolute Gasteiger partial charge is 0.444 e. The second-order valence-electron chi connectivity index (χ2n) is 8.67. The zero-order valence-electron chi connectivity index (χ0n) is 17.0. The normalized spacial score (nSPS) is 17.9. The molecule has 0 radical (unpaired) electrons. The Morgan fingerprint density at radius 3 is 2.48 bits per heavy atom. The molecule has 1 aliphatic carbocycles. The summed E-state index contributed by atoms with van der Waals surface area (Å²) in [6, 6.07) is 9.50. The van der Waals surface area contributed by atoms with Crippen molar-refractivity contribution in [2.75, 3.05) is 13.1 Å². The Balaban J connectivity index is 1.89. The number of aliphatic hydroxyl groups is 1. The van der Waals surface area contributed by atoms with Crippen LogP contribution in [0.2, 0.25) is 0 Å². The fraction of sp³-hybridized carbons (Fsp3) is 0.682. The molecule has 0 unspecified atom stereocenters. The van der Waals surface area contributed by atoms with E-state index in [1.807, 2.05) is 51.1 Å². The van der Waals surface area contributed by atoms with Crippen molar-refractivity contribution >= 4 is 6.09 Å². The first-order valence-electron chi connectivity index (χ1n) is 10.3. The van der Waals surface area contributed by atoms with E-state index in [4.69, 9.17) is 4.74 Å². The molecular formula is C22H36N2O3. The number of alkyl carbamates (subject to hydrolysis) is 1. The van der Waals surface area contributed by atoms with Crippen molar-refractivity contribution in [3.05, 3.63) is 35.9 Å². The number of benzene rings is 1. The van der Waals surface area contributed by atoms with Gasteiger partial charge in [-0.05, 0) is 58.1 Å². The first kappa shape index (κ1) is 21.7. The second-order valence-corrected chi connectivity index (χ2v) is 8.67. The number of nitrogens with one attached hydrogen (secondary N) is 2. The van der Waals surface area contributed by atoms with E-state index in [1.54, 1.807) is 0 Å². The van der Waals surface area contributed by atoms with Crippen LogP contribution in [0.1, 0.15) is 58.4 Å². The zero-order chi connectivity index (χ0) is 19.7. The van der Waals surface area contributed by atoms with E-state index < -0.39 is 23.8 Å². The summed E-state index contributed by atoms with van der Waals surface area (Å²) in [5.41, 5.74) is 0.510. The van der Waals surface area contributed by atoms with Gasteiger partial charge in [-0.3, -0.25) is 0 Å². The fourth-order valence-corrected chi connectivity index (χ4v) is 3.58. The molecule has 3 N–H and O–H groups in total. The maximum atomic E-state index is 12.2. The second kappa shape index (κ2) is 10.7. The van der Waals surface area contributed by atoms with Crippen LogP contribution in [0.4, 0.5) is 4.79 Å². The Labute approximate surface area is 163 Å². The standard InChI is InChI=1S/C22H36N2O3/c1-22(2,3)27-21(26)24-19(14-17-10-6-4-7-11-17)20(25)16-23-15-18-12-8-5-9-13-18/h4,6-7,10-11,18-20,23,25H,5,8-9,12-16H2,1-3H3,(H,24,26)/t19-,20-/m0/s1. The summed E-state index contributed by atoms with van der Waals surface area (Å²) in [6.45, 7) is 6.90. The first-order chi connectivity index (χ1) is 12.8. The molecule has 1 aliphatic rings. The van der Waals surface area contributed by atoms with Crippen LogP contribution in [0.15, 0.2) is 30.3 Å². The topological polar surface area (TPSA) is 70.6 Å². The molecule has 0 aromatic heterocycles. The third kappa shape index (κ3) is 8.76. The molecule has 2 rings (SSSR count). The van der Waals surface area contributed by atoms with Gasteiger partial charge in [-0.2, -0.15) is 0 Å². The summed E-state index contributed by atoms with van der Waals surface area (Å²) in [5, 5.41) is 17.0. The molecule has 1 fully saturated rings. The van der Waals surface area contributed by atoms with Crippen LogP contribution >= 0.6 is 0 Å². The Bertz CT molecular complexity index is 550. The maximum Gasteiger partial charge on any atom is 0.407 e. The molecule has 2 atom stereocenters. The van der Waals surface area contributed by atoms with Gasteiger partial charge in [0.1, 0.15) is 5.60 Å². The Hall–Kier alpha value is -1.59. The van der Waals surface area contributed by atoms with Gasteiger partial charge in [-0.15, -0.1) is 0 Å². The van der Waals surface area contributed by atoms with E-state index in [2.05, 4.69) is 10.6 Å². The molecule has 1 amide bonds. The van der Waals surface area contributed by atoms with Gasteiger partial charge in [-0.1, -0.05) is 49.6 Å². The smallest absolute Gasteiger partial charge is 0.407 e. The highest BCUT2D eigenvalue weighted by atomic mass is 16.6. The minimum absolute atomic E-state index is 0.402. The lowest BCUT2D eigenvalue weighted by atomic mass is 9.89. The van der Waals surface area contributed by atoms with E-state index in [9.17, 15) is 9.90 Å². The quantitative estimate of drug-likeness (QED) is 0.648. The zero-order valence-corrected chi connectivity index (χ0v) is 17.0. The van der Waals surface area contributed by atoms with Gasteiger partial charge in [-0.25, -0.2) is 4.79 Å². The van der Waals surface area contributed by atoms with Crippen molar-refractivity contribution in [3.63, 3.8) is 0 Å². The third-order valence-electron chi connectivity index (χ3n) is 4.98. The van der Waals surface area contributed by atoms with Crippen LogP contribution in [0.3, 0.4) is 0 Å². The molecule has 5 nitrogen and oxygen atoms in total. The number of carbonyl (C=O) groups excluding carboxylic acids is 1. The Kier molecular flexibility index (Phi) is 8.58. The number of ether oxygens (including phenoxy) is 1. The van der Waals surface area contributed by atoms with Crippen molar-refractivity contribution in [2.24, 2.45) is 5.92 Å². The molecule has 0 aliphatic heterocycles. The molecule has 0 heterocycles. The molecular weight excluding hydrogens is 340 g/mol. The summed E-state index contributed by atoms with van der Waals surface area (Å²) in [7, 11) is 0. The van der Waals surface area contributed by atoms with Crippen molar-refractivity contribution in [3.8, 4) is 0 Å². The van der Waals surface area contributed by atoms with Gasteiger partial charge >= 0.3 is 6.09 Å². The van der Waals surface area contributed by atoms with Crippen molar-refractivity contribution in [1.82, 2.24) is 10.6 Å². The Morgan fingerprint density at radius 1 is 1.19 bits per heavy atom. The Morgan fingerprint density at radius 2 is 1.85 bits per heavy atom. The minimum atomic E-state index is -0.679. The molecule has 1 saturated carbocycles. The molecule has 5 heteroatoms. The van der Waals surface area contributed by atoms with Gasteiger partial charge in [0.25, 0.3) is 0 Å². The van der Waals surface area contributed by atoms with Crippen molar-refractivity contribution in [2.45, 2.75) is 77.0 Å². The summed E-state index contributed by atoms with van der Waals surface area (Å²) in [4.78, 5) is 12.2. The van der Waals surface area contributed by atoms with E-state index in [0.717, 1.165) is 12.1 Å². The third-order valence-corrected chi connectivity index (χ3v) is 4.98. The van der Waals surface area contributed by atoms with Gasteiger partial charge in [0.05, 0.1) is 12.1 Å².